The molecule has 3 rings (SSSR count). The van der Waals surface area contributed by atoms with Crippen LogP contribution in [-0.4, -0.2) is 19.5 Å². The Morgan fingerprint density at radius 3 is 2.41 bits per heavy atom. The van der Waals surface area contributed by atoms with E-state index in [0.717, 1.165) is 5.56 Å². The zero-order chi connectivity index (χ0) is 21.0. The van der Waals surface area contributed by atoms with Crippen molar-refractivity contribution in [3.8, 4) is 5.75 Å². The third-order valence-electron chi connectivity index (χ3n) is 4.17. The number of aromatic carboxylic acids is 1. The molecule has 0 saturated carbocycles. The van der Waals surface area contributed by atoms with E-state index in [1.54, 1.807) is 43.3 Å². The predicted octanol–water partition coefficient (Wildman–Crippen LogP) is 4.73. The Hall–Kier alpha value is -3.03. The third-order valence-corrected chi connectivity index (χ3v) is 5.93. The standard InChI is InChI=1S/C21H18ClNO5S/c1-14-4-2-3-5-20(14)29(26,27)23-18-11-10-17(22)12-19(18)28-13-15-6-8-16(9-7-15)21(24)25/h2-12,23H,13H2,1H3,(H,24,25). The van der Waals surface area contributed by atoms with E-state index >= 15 is 0 Å². The van der Waals surface area contributed by atoms with Gasteiger partial charge >= 0.3 is 5.97 Å². The normalized spacial score (nSPS) is 11.1. The summed E-state index contributed by atoms with van der Waals surface area (Å²) in [5.74, 6) is -0.753. The zero-order valence-electron chi connectivity index (χ0n) is 15.4. The van der Waals surface area contributed by atoms with Crippen molar-refractivity contribution >= 4 is 33.3 Å². The maximum absolute atomic E-state index is 12.8. The SMILES string of the molecule is Cc1ccccc1S(=O)(=O)Nc1ccc(Cl)cc1OCc1ccc(C(=O)O)cc1. The number of hydrogen-bond acceptors (Lipinski definition) is 4. The molecular weight excluding hydrogens is 414 g/mol. The van der Waals surface area contributed by atoms with Crippen molar-refractivity contribution in [1.82, 2.24) is 0 Å². The Bertz CT molecular complexity index is 1140. The lowest BCUT2D eigenvalue weighted by molar-refractivity contribution is 0.0697. The molecule has 0 aliphatic carbocycles. The van der Waals surface area contributed by atoms with Crippen molar-refractivity contribution in [3.05, 3.63) is 88.4 Å². The van der Waals surface area contributed by atoms with Crippen LogP contribution in [-0.2, 0) is 16.6 Å². The maximum Gasteiger partial charge on any atom is 0.335 e. The molecule has 0 fully saturated rings. The van der Waals surface area contributed by atoms with Crippen LogP contribution in [0.2, 0.25) is 5.02 Å². The minimum Gasteiger partial charge on any atom is -0.487 e. The van der Waals surface area contributed by atoms with Crippen LogP contribution in [0.4, 0.5) is 5.69 Å². The molecule has 2 N–H and O–H groups in total. The van der Waals surface area contributed by atoms with Gasteiger partial charge in [-0.1, -0.05) is 41.9 Å². The molecule has 0 aliphatic rings. The molecule has 3 aromatic rings. The van der Waals surface area contributed by atoms with Crippen LogP contribution >= 0.6 is 11.6 Å². The lowest BCUT2D eigenvalue weighted by Gasteiger charge is -2.15. The van der Waals surface area contributed by atoms with Crippen LogP contribution < -0.4 is 9.46 Å². The van der Waals surface area contributed by atoms with E-state index in [9.17, 15) is 13.2 Å². The number of carboxylic acids is 1. The molecule has 0 unspecified atom stereocenters. The van der Waals surface area contributed by atoms with Gasteiger partial charge in [-0.3, -0.25) is 4.72 Å². The zero-order valence-corrected chi connectivity index (χ0v) is 17.0. The molecule has 0 aromatic heterocycles. The molecule has 0 saturated heterocycles. The molecule has 6 nitrogen and oxygen atoms in total. The van der Waals surface area contributed by atoms with Crippen molar-refractivity contribution in [2.45, 2.75) is 18.4 Å². The minimum atomic E-state index is -3.82. The number of carboxylic acid groups (broad SMARTS) is 1. The molecule has 0 atom stereocenters. The Kier molecular flexibility index (Phi) is 6.10. The summed E-state index contributed by atoms with van der Waals surface area (Å²) in [5, 5.41) is 9.35. The van der Waals surface area contributed by atoms with Gasteiger partial charge in [0.1, 0.15) is 12.4 Å². The van der Waals surface area contributed by atoms with E-state index in [1.807, 2.05) is 0 Å². The first-order chi connectivity index (χ1) is 13.8. The van der Waals surface area contributed by atoms with Gasteiger partial charge < -0.3 is 9.84 Å². The number of nitrogens with one attached hydrogen (secondary N) is 1. The van der Waals surface area contributed by atoms with Crippen LogP contribution in [0.25, 0.3) is 0 Å². The van der Waals surface area contributed by atoms with Crippen LogP contribution in [0.3, 0.4) is 0 Å². The Morgan fingerprint density at radius 1 is 1.07 bits per heavy atom. The van der Waals surface area contributed by atoms with E-state index in [2.05, 4.69) is 4.72 Å². The fraction of sp³-hybridized carbons (Fsp3) is 0.0952. The van der Waals surface area contributed by atoms with Crippen molar-refractivity contribution in [3.63, 3.8) is 0 Å². The number of ether oxygens (including phenoxy) is 1. The number of benzene rings is 3. The highest BCUT2D eigenvalue weighted by molar-refractivity contribution is 7.92. The van der Waals surface area contributed by atoms with E-state index in [0.29, 0.717) is 10.6 Å². The lowest BCUT2D eigenvalue weighted by atomic mass is 10.1. The topological polar surface area (TPSA) is 92.7 Å². The highest BCUT2D eigenvalue weighted by Crippen LogP contribution is 2.31. The molecule has 0 radical (unpaired) electrons. The van der Waals surface area contributed by atoms with Gasteiger partial charge in [-0.05, 0) is 48.4 Å². The first-order valence-electron chi connectivity index (χ1n) is 8.59. The van der Waals surface area contributed by atoms with Crippen LogP contribution in [0.5, 0.6) is 5.75 Å². The average Bonchev–Trinajstić information content (AvgIpc) is 2.68. The van der Waals surface area contributed by atoms with E-state index < -0.39 is 16.0 Å². The Balaban J connectivity index is 1.82. The maximum atomic E-state index is 12.8. The minimum absolute atomic E-state index is 0.110. The lowest BCUT2D eigenvalue weighted by Crippen LogP contribution is -2.15. The van der Waals surface area contributed by atoms with Crippen molar-refractivity contribution in [2.75, 3.05) is 4.72 Å². The number of anilines is 1. The van der Waals surface area contributed by atoms with Gasteiger partial charge in [0.05, 0.1) is 16.1 Å². The predicted molar refractivity (Wildman–Crippen MR) is 111 cm³/mol. The summed E-state index contributed by atoms with van der Waals surface area (Å²) >= 11 is 6.05. The molecular formula is C21H18ClNO5S. The second-order valence-corrected chi connectivity index (χ2v) is 8.39. The van der Waals surface area contributed by atoms with Gasteiger partial charge in [-0.25, -0.2) is 13.2 Å². The van der Waals surface area contributed by atoms with E-state index in [-0.39, 0.29) is 28.5 Å². The largest absolute Gasteiger partial charge is 0.487 e. The van der Waals surface area contributed by atoms with Crippen molar-refractivity contribution in [1.29, 1.82) is 0 Å². The number of rotatable bonds is 7. The number of hydrogen-bond donors (Lipinski definition) is 2. The number of carbonyl (C=O) groups is 1. The Morgan fingerprint density at radius 2 is 1.76 bits per heavy atom. The summed E-state index contributed by atoms with van der Waals surface area (Å²) in [4.78, 5) is 11.1. The van der Waals surface area contributed by atoms with Gasteiger partial charge in [-0.15, -0.1) is 0 Å². The molecule has 0 amide bonds. The van der Waals surface area contributed by atoms with E-state index in [1.165, 1.54) is 30.3 Å². The fourth-order valence-electron chi connectivity index (χ4n) is 2.66. The first-order valence-corrected chi connectivity index (χ1v) is 10.5. The smallest absolute Gasteiger partial charge is 0.335 e. The molecule has 0 spiro atoms. The monoisotopic (exact) mass is 431 g/mol. The summed E-state index contributed by atoms with van der Waals surface area (Å²) in [5.41, 5.74) is 1.76. The molecule has 150 valence electrons. The van der Waals surface area contributed by atoms with Gasteiger partial charge in [-0.2, -0.15) is 0 Å². The first kappa shape index (κ1) is 20.7. The number of halogens is 1. The second-order valence-electron chi connectivity index (χ2n) is 6.30. The molecule has 29 heavy (non-hydrogen) atoms. The van der Waals surface area contributed by atoms with Gasteiger partial charge in [0.15, 0.2) is 0 Å². The molecule has 8 heteroatoms. The third kappa shape index (κ3) is 5.07. The number of sulfonamides is 1. The molecule has 0 bridgehead atoms. The molecule has 0 aliphatic heterocycles. The van der Waals surface area contributed by atoms with Crippen LogP contribution in [0, 0.1) is 6.92 Å². The van der Waals surface area contributed by atoms with Crippen LogP contribution in [0.15, 0.2) is 71.6 Å². The molecule has 0 heterocycles. The number of aryl methyl sites for hydroxylation is 1. The summed E-state index contributed by atoms with van der Waals surface area (Å²) < 4.78 is 33.9. The highest BCUT2D eigenvalue weighted by Gasteiger charge is 2.19. The van der Waals surface area contributed by atoms with Gasteiger partial charge in [0, 0.05) is 11.1 Å². The summed E-state index contributed by atoms with van der Waals surface area (Å²) in [7, 11) is -3.82. The summed E-state index contributed by atoms with van der Waals surface area (Å²) in [6, 6.07) is 17.5. The van der Waals surface area contributed by atoms with E-state index in [4.69, 9.17) is 21.4 Å². The quantitative estimate of drug-likeness (QED) is 0.564. The fourth-order valence-corrected chi connectivity index (χ4v) is 4.14. The second kappa shape index (κ2) is 8.55. The van der Waals surface area contributed by atoms with Gasteiger partial charge in [0.25, 0.3) is 10.0 Å². The Labute approximate surface area is 173 Å². The average molecular weight is 432 g/mol. The summed E-state index contributed by atoms with van der Waals surface area (Å²) in [6.45, 7) is 1.83. The molecule has 3 aromatic carbocycles. The van der Waals surface area contributed by atoms with Gasteiger partial charge in [0.2, 0.25) is 0 Å². The van der Waals surface area contributed by atoms with Crippen LogP contribution in [0.1, 0.15) is 21.5 Å². The van der Waals surface area contributed by atoms with Crippen molar-refractivity contribution in [2.24, 2.45) is 0 Å². The summed E-state index contributed by atoms with van der Waals surface area (Å²) in [6.07, 6.45) is 0. The highest BCUT2D eigenvalue weighted by atomic mass is 35.5. The van der Waals surface area contributed by atoms with Crippen molar-refractivity contribution < 1.29 is 23.1 Å².